The van der Waals surface area contributed by atoms with Crippen molar-refractivity contribution >= 4 is 55.9 Å². The van der Waals surface area contributed by atoms with Crippen molar-refractivity contribution in [2.24, 2.45) is 29.4 Å². The summed E-state index contributed by atoms with van der Waals surface area (Å²) < 4.78 is 35.2. The number of aliphatic hydroxyl groups excluding tert-OH is 1. The zero-order chi connectivity index (χ0) is 83.0. The van der Waals surface area contributed by atoms with Gasteiger partial charge >= 0.3 is 23.9 Å². The zero-order valence-corrected chi connectivity index (χ0v) is 73.7. The predicted molar refractivity (Wildman–Crippen MR) is 457 cm³/mol. The van der Waals surface area contributed by atoms with Crippen molar-refractivity contribution in [2.45, 2.75) is 281 Å². The molecule has 2 heterocycles. The normalized spacial score (nSPS) is 14.6. The Kier molecular flexibility index (Phi) is 135. The Bertz CT molecular complexity index is 2130. The monoisotopic (exact) mass is 1660 g/mol. The van der Waals surface area contributed by atoms with Crippen LogP contribution in [0.5, 0.6) is 0 Å². The molecule has 111 heavy (non-hydrogen) atoms. The quantitative estimate of drug-likeness (QED) is 0.00414. The average molecular weight is 1660 g/mol. The molecule has 23 nitrogen and oxygen atoms in total. The number of carbonyl (C=O) groups is 8. The van der Waals surface area contributed by atoms with E-state index in [1.54, 1.807) is 17.6 Å². The van der Waals surface area contributed by atoms with Crippen LogP contribution in [0.1, 0.15) is 282 Å². The Labute approximate surface area is 705 Å². The first-order chi connectivity index (χ1) is 52.2. The van der Waals surface area contributed by atoms with Crippen LogP contribution in [-0.2, 0) is 104 Å². The first kappa shape index (κ1) is 129. The third-order valence-corrected chi connectivity index (χ3v) is 14.7. The number of hydrogen-bond acceptors (Lipinski definition) is 18. The fourth-order valence-electron chi connectivity index (χ4n) is 8.96. The van der Waals surface area contributed by atoms with E-state index in [0.29, 0.717) is 97.7 Å². The minimum Gasteiger partial charge on any atom is -0.481 e. The van der Waals surface area contributed by atoms with Crippen LogP contribution in [0.25, 0.3) is 0 Å². The molecule has 0 saturated carbocycles. The van der Waals surface area contributed by atoms with Crippen molar-refractivity contribution < 1.29 is 121 Å². The largest absolute Gasteiger partial charge is 0.481 e. The van der Waals surface area contributed by atoms with E-state index >= 15 is 0 Å². The molecule has 9 N–H and O–H groups in total. The van der Waals surface area contributed by atoms with E-state index in [9.17, 15) is 38.4 Å². The van der Waals surface area contributed by atoms with E-state index in [1.807, 2.05) is 18.2 Å². The van der Waals surface area contributed by atoms with E-state index in [-0.39, 0.29) is 129 Å². The molecule has 0 aromatic carbocycles. The number of nitrogens with two attached hydrogens (primary N) is 1. The van der Waals surface area contributed by atoms with E-state index in [1.165, 1.54) is 72.7 Å². The fraction of sp³-hybridized carbons (Fsp3) is 0.733. The Morgan fingerprint density at radius 1 is 0.586 bits per heavy atom. The maximum Gasteiger partial charge on any atom is 0.307 e. The van der Waals surface area contributed by atoms with Gasteiger partial charge in [0.1, 0.15) is 0 Å². The molecular weight excluding hydrogens is 1490 g/mol. The molecule has 4 unspecified atom stereocenters. The van der Waals surface area contributed by atoms with Gasteiger partial charge in [0.2, 0.25) is 23.6 Å². The molecule has 0 saturated heterocycles. The molecule has 0 bridgehead atoms. The number of methoxy groups -OCH3 is 3. The van der Waals surface area contributed by atoms with Gasteiger partial charge in [-0.3, -0.25) is 43.6 Å². The number of carbonyl (C=O) groups excluding carboxylic acids is 7. The topological polar surface area (TPSA) is 336 Å². The molecular formula is C86H166BN5O18Y-. The average Bonchev–Trinajstić information content (AvgIpc) is 0.944. The number of unbranched alkanes of at least 4 members (excludes halogenated alkanes) is 9. The molecule has 0 aromatic rings. The molecule has 0 aromatic heterocycles. The van der Waals surface area contributed by atoms with Gasteiger partial charge in [-0.1, -0.05) is 162 Å². The molecule has 25 heteroatoms. The van der Waals surface area contributed by atoms with E-state index in [0.717, 1.165) is 135 Å². The summed E-state index contributed by atoms with van der Waals surface area (Å²) >= 11 is 0. The Morgan fingerprint density at radius 2 is 0.991 bits per heavy atom. The van der Waals surface area contributed by atoms with Crippen molar-refractivity contribution in [1.29, 1.82) is 0 Å². The van der Waals surface area contributed by atoms with Gasteiger partial charge in [0.25, 0.3) is 0 Å². The number of esters is 3. The number of ether oxygens (including phenoxy) is 7. The summed E-state index contributed by atoms with van der Waals surface area (Å²) in [6.45, 7) is 43.5. The second-order valence-electron chi connectivity index (χ2n) is 25.2. The van der Waals surface area contributed by atoms with Gasteiger partial charge in [-0.15, -0.1) is 32.9 Å². The molecule has 2 aliphatic heterocycles. The van der Waals surface area contributed by atoms with Gasteiger partial charge < -0.3 is 72.0 Å². The Morgan fingerprint density at radius 3 is 1.41 bits per heavy atom. The third-order valence-electron chi connectivity index (χ3n) is 14.7. The molecule has 0 spiro atoms. The van der Waals surface area contributed by atoms with Gasteiger partial charge in [-0.05, 0) is 154 Å². The summed E-state index contributed by atoms with van der Waals surface area (Å²) in [4.78, 5) is 91.4. The number of hydrogen-bond donors (Lipinski definition) is 8. The van der Waals surface area contributed by atoms with Crippen molar-refractivity contribution in [3.63, 3.8) is 0 Å². The minimum absolute atomic E-state index is 0. The molecule has 4 radical (unpaired) electrons. The number of nitrogens with one attached hydrogen (secondary N) is 4. The molecule has 0 aliphatic carbocycles. The molecule has 2 rings (SSSR count). The van der Waals surface area contributed by atoms with Gasteiger partial charge in [0.15, 0.2) is 0 Å². The van der Waals surface area contributed by atoms with Crippen LogP contribution >= 0.6 is 0 Å². The number of rotatable bonds is 39. The number of allylic oxidation sites excluding steroid dienone is 9. The first-order valence-electron chi connectivity index (χ1n) is 40.2. The van der Waals surface area contributed by atoms with Crippen LogP contribution in [0.3, 0.4) is 0 Å². The van der Waals surface area contributed by atoms with E-state index in [4.69, 9.17) is 40.1 Å². The standard InChI is InChI=1S/C18H32N2O4.C17H29NO4.C15H25NO4.C9H14O4.C8H17NO.C7H14.3C3H8.C2H5O.CH4.B.Y.H2/c21-17(20-23)12-8-5-7-11-16-10-6-3-1-2-4-9-14-24-15-13-19-18(16)22;1-4-6-8-9-12-22-13-11-18-17(20)15(10-7-5-2)14-16(19)21-3;1-19-14(17)12-13-8-6-4-2-3-5-7-10-20-11-9-16-15(13)18;1-3-4-5-7(9(11)12)6-8(10)13-2;1-2-3-4-5-7-10-8-6-9;1-3-5-7-6-4-2;3*1-3-2;1-2-3;;;;/h1,3,16,23H,2,4-15H2,(H,19,22)(H,20,21);4-5,15H,1-2,6-14H2,3H3,(H,18,20);2,4,13H,3,5-12H2,1H3,(H,16,18);3,7H,1,4-6H2,2H3,(H,11,12);2H,1,3-9H2;3H,1,4-7H2,2H3;3*3H2,1-2H3;3H,1-2H2;1H4;;;1H/q;;;;;;;;;-1;;;;/b3-1-;;;;;;;;;;;;;/i;;;;;;;;;;;;;1+1. The van der Waals surface area contributed by atoms with Crippen LogP contribution in [0.2, 0.25) is 0 Å². The van der Waals surface area contributed by atoms with Gasteiger partial charge in [0, 0.05) is 119 Å². The van der Waals surface area contributed by atoms with Crippen LogP contribution < -0.4 is 27.2 Å². The maximum atomic E-state index is 12.3. The summed E-state index contributed by atoms with van der Waals surface area (Å²) in [7, 11) is 3.91. The second-order valence-corrected chi connectivity index (χ2v) is 25.2. The summed E-state index contributed by atoms with van der Waals surface area (Å²) in [5.41, 5.74) is 6.87. The number of aliphatic carboxylic acids is 1. The second kappa shape index (κ2) is 116. The summed E-state index contributed by atoms with van der Waals surface area (Å²) in [5, 5.41) is 33.2. The first-order valence-corrected chi connectivity index (χ1v) is 40.2. The predicted octanol–water partition coefficient (Wildman–Crippen LogP) is 17.0. The molecule has 650 valence electrons. The smallest absolute Gasteiger partial charge is 0.307 e. The number of carboxylic acids is 1. The van der Waals surface area contributed by atoms with Crippen LogP contribution in [0.15, 0.2) is 87.6 Å². The minimum atomic E-state index is -0.966. The van der Waals surface area contributed by atoms with Crippen molar-refractivity contribution in [1.82, 2.24) is 21.4 Å². The van der Waals surface area contributed by atoms with Gasteiger partial charge in [-0.25, -0.2) is 5.48 Å². The van der Waals surface area contributed by atoms with E-state index in [2.05, 4.69) is 143 Å². The summed E-state index contributed by atoms with van der Waals surface area (Å²) in [6, 6.07) is 0. The number of hydroxylamine groups is 1. The summed E-state index contributed by atoms with van der Waals surface area (Å²) in [6.07, 6.45) is 49.1. The number of aliphatic hydroxyl groups is 1. The van der Waals surface area contributed by atoms with E-state index < -0.39 is 17.9 Å². The number of carboxylic acid groups (broad SMARTS) is 1. The third kappa shape index (κ3) is 116. The van der Waals surface area contributed by atoms with Crippen molar-refractivity contribution in [2.75, 3.05) is 107 Å². The molecule has 0 fully saturated rings. The zero-order valence-electron chi connectivity index (χ0n) is 70.9. The van der Waals surface area contributed by atoms with Crippen LogP contribution in [0.4, 0.5) is 0 Å². The molecule has 2 aliphatic rings. The van der Waals surface area contributed by atoms with Gasteiger partial charge in [0.05, 0.1) is 72.9 Å². The van der Waals surface area contributed by atoms with Crippen LogP contribution in [0, 0.1) is 30.6 Å². The Balaban J connectivity index is -0.000000106. The Hall–Kier alpha value is -5.17. The molecule has 4 atom stereocenters. The SMILES string of the molecule is C.C=CCCC(CC(=O)OC)C(=O)O.C=CCCCCC.C=CCCCCOCCN.C=CCCCCOCCNC(=O)C(CCC=C)CC(=O)OC.CCC.CCC.CCC.COC(=O)CC1CCC=CCCCCOCCNC1=O.O=C(CCCCCC1CC/C=C\CCCCOCCNC1=O)NO.[2HH].[B].[CH2-]CO.[Y]. The van der Waals surface area contributed by atoms with Crippen LogP contribution in [-0.4, -0.2) is 178 Å². The summed E-state index contributed by atoms with van der Waals surface area (Å²) in [5.74, 6) is -3.99. The van der Waals surface area contributed by atoms with Gasteiger partial charge in [-0.2, -0.15) is 0 Å². The maximum absolute atomic E-state index is 12.3. The fourth-order valence-corrected chi connectivity index (χ4v) is 8.96. The van der Waals surface area contributed by atoms with Crippen molar-refractivity contribution in [3.8, 4) is 0 Å². The molecule has 4 amide bonds. The van der Waals surface area contributed by atoms with Crippen molar-refractivity contribution in [3.05, 3.63) is 94.5 Å². The number of amides is 4.